The van der Waals surface area contributed by atoms with E-state index in [-0.39, 0.29) is 0 Å². The molecule has 1 aromatic heterocycles. The summed E-state index contributed by atoms with van der Waals surface area (Å²) >= 11 is 1.79. The van der Waals surface area contributed by atoms with Gasteiger partial charge in [0.15, 0.2) is 0 Å². The smallest absolute Gasteiger partial charge is 0.293 e. The maximum Gasteiger partial charge on any atom is 0.293 e. The number of hydrogen-bond acceptors (Lipinski definition) is 4. The first-order chi connectivity index (χ1) is 7.20. The SMILES string of the molecule is Cc1sc(C)c(CCOC=O)c1CCN. The van der Waals surface area contributed by atoms with Crippen molar-refractivity contribution >= 4 is 17.8 Å². The van der Waals surface area contributed by atoms with Gasteiger partial charge in [-0.1, -0.05) is 0 Å². The molecule has 0 aromatic carbocycles. The molecular weight excluding hydrogens is 210 g/mol. The van der Waals surface area contributed by atoms with Crippen LogP contribution in [-0.4, -0.2) is 19.6 Å². The summed E-state index contributed by atoms with van der Waals surface area (Å²) in [5, 5.41) is 0. The van der Waals surface area contributed by atoms with Crippen molar-refractivity contribution in [2.45, 2.75) is 26.7 Å². The summed E-state index contributed by atoms with van der Waals surface area (Å²) in [6.07, 6.45) is 1.71. The van der Waals surface area contributed by atoms with E-state index in [1.54, 1.807) is 11.3 Å². The van der Waals surface area contributed by atoms with E-state index in [1.807, 2.05) is 0 Å². The molecule has 0 saturated carbocycles. The number of thiophene rings is 1. The molecular formula is C11H17NO2S. The summed E-state index contributed by atoms with van der Waals surface area (Å²) in [5.41, 5.74) is 8.23. The minimum Gasteiger partial charge on any atom is -0.468 e. The molecule has 3 nitrogen and oxygen atoms in total. The quantitative estimate of drug-likeness (QED) is 0.593. The normalized spacial score (nSPS) is 10.3. The van der Waals surface area contributed by atoms with Crippen LogP contribution >= 0.6 is 11.3 Å². The molecule has 1 aromatic rings. The van der Waals surface area contributed by atoms with Gasteiger partial charge in [0.05, 0.1) is 6.61 Å². The first-order valence-corrected chi connectivity index (χ1v) is 5.85. The van der Waals surface area contributed by atoms with Crippen LogP contribution in [0.3, 0.4) is 0 Å². The number of carbonyl (C=O) groups is 1. The lowest BCUT2D eigenvalue weighted by Gasteiger charge is -2.05. The first-order valence-electron chi connectivity index (χ1n) is 5.03. The van der Waals surface area contributed by atoms with Crippen LogP contribution in [0.15, 0.2) is 0 Å². The molecule has 1 rings (SSSR count). The zero-order valence-electron chi connectivity index (χ0n) is 9.21. The van der Waals surface area contributed by atoms with Gasteiger partial charge >= 0.3 is 0 Å². The highest BCUT2D eigenvalue weighted by Crippen LogP contribution is 2.28. The van der Waals surface area contributed by atoms with Gasteiger partial charge in [-0.05, 0) is 37.9 Å². The van der Waals surface area contributed by atoms with Crippen molar-refractivity contribution in [2.75, 3.05) is 13.2 Å². The van der Waals surface area contributed by atoms with Gasteiger partial charge in [-0.2, -0.15) is 0 Å². The lowest BCUT2D eigenvalue weighted by molar-refractivity contribution is -0.128. The second-order valence-electron chi connectivity index (χ2n) is 3.43. The van der Waals surface area contributed by atoms with Crippen molar-refractivity contribution in [3.8, 4) is 0 Å². The molecule has 2 N–H and O–H groups in total. The fourth-order valence-electron chi connectivity index (χ4n) is 1.79. The van der Waals surface area contributed by atoms with E-state index in [1.165, 1.54) is 20.9 Å². The van der Waals surface area contributed by atoms with E-state index < -0.39 is 0 Å². The molecule has 1 heterocycles. The highest BCUT2D eigenvalue weighted by Gasteiger charge is 2.11. The number of ether oxygens (including phenoxy) is 1. The molecule has 84 valence electrons. The van der Waals surface area contributed by atoms with E-state index in [9.17, 15) is 4.79 Å². The van der Waals surface area contributed by atoms with Crippen LogP contribution in [0.5, 0.6) is 0 Å². The lowest BCUT2D eigenvalue weighted by Crippen LogP contribution is -2.06. The van der Waals surface area contributed by atoms with Crippen molar-refractivity contribution in [1.82, 2.24) is 0 Å². The molecule has 0 unspecified atom stereocenters. The summed E-state index contributed by atoms with van der Waals surface area (Å²) in [4.78, 5) is 12.7. The van der Waals surface area contributed by atoms with Gasteiger partial charge < -0.3 is 10.5 Å². The Morgan fingerprint density at radius 2 is 1.87 bits per heavy atom. The molecule has 0 radical (unpaired) electrons. The Bertz CT molecular complexity index is 334. The Balaban J connectivity index is 2.78. The Hall–Kier alpha value is -0.870. The van der Waals surface area contributed by atoms with Crippen LogP contribution in [-0.2, 0) is 22.4 Å². The first kappa shape index (κ1) is 12.2. The third-order valence-electron chi connectivity index (χ3n) is 2.45. The van der Waals surface area contributed by atoms with Crippen molar-refractivity contribution in [3.63, 3.8) is 0 Å². The zero-order chi connectivity index (χ0) is 11.3. The highest BCUT2D eigenvalue weighted by atomic mass is 32.1. The van der Waals surface area contributed by atoms with Crippen LogP contribution in [0.4, 0.5) is 0 Å². The van der Waals surface area contributed by atoms with E-state index in [0.717, 1.165) is 12.8 Å². The van der Waals surface area contributed by atoms with Crippen LogP contribution < -0.4 is 5.73 Å². The minimum absolute atomic E-state index is 0.456. The Morgan fingerprint density at radius 3 is 2.40 bits per heavy atom. The minimum atomic E-state index is 0.456. The van der Waals surface area contributed by atoms with Crippen LogP contribution in [0.25, 0.3) is 0 Å². The Labute approximate surface area is 94.2 Å². The molecule has 0 saturated heterocycles. The highest BCUT2D eigenvalue weighted by molar-refractivity contribution is 7.12. The van der Waals surface area contributed by atoms with Gasteiger partial charge in [-0.15, -0.1) is 11.3 Å². The molecule has 0 fully saturated rings. The predicted octanol–water partition coefficient (Wildman–Crippen LogP) is 1.58. The van der Waals surface area contributed by atoms with Crippen molar-refractivity contribution < 1.29 is 9.53 Å². The Morgan fingerprint density at radius 1 is 1.27 bits per heavy atom. The summed E-state index contributed by atoms with van der Waals surface area (Å²) in [7, 11) is 0. The molecule has 4 heteroatoms. The zero-order valence-corrected chi connectivity index (χ0v) is 10.0. The number of nitrogens with two attached hydrogens (primary N) is 1. The van der Waals surface area contributed by atoms with E-state index in [4.69, 9.17) is 10.5 Å². The third-order valence-corrected chi connectivity index (χ3v) is 3.56. The number of rotatable bonds is 6. The monoisotopic (exact) mass is 227 g/mol. The van der Waals surface area contributed by atoms with Gasteiger partial charge in [-0.3, -0.25) is 4.79 Å². The van der Waals surface area contributed by atoms with Crippen LogP contribution in [0.2, 0.25) is 0 Å². The van der Waals surface area contributed by atoms with Crippen LogP contribution in [0.1, 0.15) is 20.9 Å². The van der Waals surface area contributed by atoms with Gasteiger partial charge in [0, 0.05) is 16.2 Å². The maximum atomic E-state index is 10.1. The second-order valence-corrected chi connectivity index (χ2v) is 4.86. The fraction of sp³-hybridized carbons (Fsp3) is 0.545. The molecule has 0 aliphatic carbocycles. The van der Waals surface area contributed by atoms with E-state index in [0.29, 0.717) is 19.6 Å². The molecule has 0 bridgehead atoms. The summed E-state index contributed by atoms with van der Waals surface area (Å²) in [6.45, 7) is 5.84. The van der Waals surface area contributed by atoms with Crippen molar-refractivity contribution in [1.29, 1.82) is 0 Å². The van der Waals surface area contributed by atoms with Gasteiger partial charge in [0.1, 0.15) is 0 Å². The predicted molar refractivity (Wildman–Crippen MR) is 62.3 cm³/mol. The summed E-state index contributed by atoms with van der Waals surface area (Å²) < 4.78 is 4.73. The molecule has 0 spiro atoms. The topological polar surface area (TPSA) is 52.3 Å². The molecule has 0 aliphatic rings. The largest absolute Gasteiger partial charge is 0.468 e. The van der Waals surface area contributed by atoms with Crippen molar-refractivity contribution in [2.24, 2.45) is 5.73 Å². The number of aryl methyl sites for hydroxylation is 2. The van der Waals surface area contributed by atoms with Crippen LogP contribution in [0, 0.1) is 13.8 Å². The van der Waals surface area contributed by atoms with Crippen molar-refractivity contribution in [3.05, 3.63) is 20.9 Å². The number of carbonyl (C=O) groups excluding carboxylic acids is 1. The summed E-state index contributed by atoms with van der Waals surface area (Å²) in [6, 6.07) is 0. The van der Waals surface area contributed by atoms with Gasteiger partial charge in [0.25, 0.3) is 6.47 Å². The molecule has 0 atom stereocenters. The maximum absolute atomic E-state index is 10.1. The average molecular weight is 227 g/mol. The Kier molecular flexibility index (Phi) is 4.78. The second kappa shape index (κ2) is 5.88. The van der Waals surface area contributed by atoms with E-state index >= 15 is 0 Å². The lowest BCUT2D eigenvalue weighted by atomic mass is 10.0. The molecule has 0 aliphatic heterocycles. The fourth-order valence-corrected chi connectivity index (χ4v) is 2.94. The number of hydrogen-bond donors (Lipinski definition) is 1. The molecule has 0 amide bonds. The molecule has 15 heavy (non-hydrogen) atoms. The van der Waals surface area contributed by atoms with Gasteiger partial charge in [-0.25, -0.2) is 0 Å². The van der Waals surface area contributed by atoms with E-state index in [2.05, 4.69) is 13.8 Å². The third kappa shape index (κ3) is 3.04. The average Bonchev–Trinajstić information content (AvgIpc) is 2.45. The van der Waals surface area contributed by atoms with Gasteiger partial charge in [0.2, 0.25) is 0 Å². The summed E-state index contributed by atoms with van der Waals surface area (Å²) in [5.74, 6) is 0. The standard InChI is InChI=1S/C11H17NO2S/c1-8-10(3-5-12)11(9(2)15-8)4-6-14-7-13/h7H,3-6,12H2,1-2H3.